The molecule has 1 rings (SSSR count). The summed E-state index contributed by atoms with van der Waals surface area (Å²) in [4.78, 5) is 43.3. The fourth-order valence-electron chi connectivity index (χ4n) is 6.86. The van der Waals surface area contributed by atoms with Crippen LogP contribution in [-0.4, -0.2) is 97.8 Å². The molecule has 0 spiro atoms. The highest BCUT2D eigenvalue weighted by Crippen LogP contribution is 2.11. The van der Waals surface area contributed by atoms with Gasteiger partial charge in [0.05, 0.1) is 13.2 Å². The lowest BCUT2D eigenvalue weighted by Gasteiger charge is -2.34. The Morgan fingerprint density at radius 1 is 0.579 bits per heavy atom. The van der Waals surface area contributed by atoms with Crippen molar-refractivity contribution in [3.63, 3.8) is 0 Å². The van der Waals surface area contributed by atoms with E-state index in [1.54, 1.807) is 0 Å². The molecular formula is C48H86N4O5. The first kappa shape index (κ1) is 52.3. The van der Waals surface area contributed by atoms with Crippen LogP contribution in [0.15, 0.2) is 48.6 Å². The van der Waals surface area contributed by atoms with Gasteiger partial charge in [-0.15, -0.1) is 0 Å². The van der Waals surface area contributed by atoms with E-state index in [0.29, 0.717) is 13.0 Å². The third kappa shape index (κ3) is 33.9. The smallest absolute Gasteiger partial charge is 0.330 e. The van der Waals surface area contributed by atoms with Gasteiger partial charge in [0, 0.05) is 52.3 Å². The number of piperazine rings is 1. The minimum Gasteiger partial charge on any atom is -0.464 e. The van der Waals surface area contributed by atoms with Crippen LogP contribution in [0.4, 0.5) is 0 Å². The lowest BCUT2D eigenvalue weighted by atomic mass is 10.1. The number of unbranched alkanes of at least 4 members (excludes halogenated alkanes) is 17. The van der Waals surface area contributed by atoms with Crippen LogP contribution in [0.2, 0.25) is 0 Å². The van der Waals surface area contributed by atoms with Crippen molar-refractivity contribution in [2.75, 3.05) is 59.0 Å². The van der Waals surface area contributed by atoms with Crippen molar-refractivity contribution in [3.8, 4) is 0 Å². The van der Waals surface area contributed by atoms with Crippen molar-refractivity contribution in [2.45, 2.75) is 180 Å². The number of ether oxygens (including phenoxy) is 1. The maximum absolute atomic E-state index is 13.1. The highest BCUT2D eigenvalue weighted by atomic mass is 16.5. The van der Waals surface area contributed by atoms with Gasteiger partial charge in [-0.25, -0.2) is 4.79 Å². The normalized spacial score (nSPS) is 14.7. The van der Waals surface area contributed by atoms with Crippen LogP contribution in [0.1, 0.15) is 174 Å². The molecule has 1 saturated heterocycles. The molecule has 328 valence electrons. The zero-order chi connectivity index (χ0) is 41.3. The fraction of sp³-hybridized carbons (Fsp3) is 0.771. The van der Waals surface area contributed by atoms with E-state index in [9.17, 15) is 14.4 Å². The van der Waals surface area contributed by atoms with E-state index in [1.165, 1.54) is 70.6 Å². The monoisotopic (exact) mass is 799 g/mol. The first-order chi connectivity index (χ1) is 28.0. The molecule has 1 heterocycles. The Bertz CT molecular complexity index is 1080. The lowest BCUT2D eigenvalue weighted by molar-refractivity contribution is -0.148. The number of aliphatic hydroxyl groups excluding tert-OH is 1. The van der Waals surface area contributed by atoms with Gasteiger partial charge in [0.25, 0.3) is 0 Å². The number of aliphatic hydroxyl groups is 1. The molecule has 2 amide bonds. The summed E-state index contributed by atoms with van der Waals surface area (Å²) in [6.45, 7) is 9.40. The van der Waals surface area contributed by atoms with Crippen molar-refractivity contribution in [3.05, 3.63) is 48.6 Å². The molecule has 0 saturated carbocycles. The van der Waals surface area contributed by atoms with Crippen molar-refractivity contribution in [1.29, 1.82) is 0 Å². The summed E-state index contributed by atoms with van der Waals surface area (Å²) >= 11 is 0. The molecule has 57 heavy (non-hydrogen) atoms. The molecule has 1 aliphatic heterocycles. The molecule has 0 bridgehead atoms. The summed E-state index contributed by atoms with van der Waals surface area (Å²) in [5, 5.41) is 14.9. The minimum absolute atomic E-state index is 0.0196. The maximum Gasteiger partial charge on any atom is 0.330 e. The van der Waals surface area contributed by atoms with E-state index in [1.807, 2.05) is 0 Å². The van der Waals surface area contributed by atoms with Crippen molar-refractivity contribution < 1.29 is 24.2 Å². The van der Waals surface area contributed by atoms with Gasteiger partial charge in [-0.05, 0) is 83.5 Å². The summed E-state index contributed by atoms with van der Waals surface area (Å²) in [6, 6.07) is -0.903. The van der Waals surface area contributed by atoms with E-state index >= 15 is 0 Å². The summed E-state index contributed by atoms with van der Waals surface area (Å²) < 4.78 is 5.62. The Morgan fingerprint density at radius 3 is 1.58 bits per heavy atom. The Morgan fingerprint density at radius 2 is 1.05 bits per heavy atom. The number of carbonyl (C=O) groups is 3. The lowest BCUT2D eigenvalue weighted by Crippen LogP contribution is -2.52. The van der Waals surface area contributed by atoms with Crippen molar-refractivity contribution in [1.82, 2.24) is 20.4 Å². The molecule has 3 N–H and O–H groups in total. The molecule has 1 aliphatic rings. The predicted octanol–water partition coefficient (Wildman–Crippen LogP) is 9.76. The third-order valence-corrected chi connectivity index (χ3v) is 10.5. The number of allylic oxidation sites excluding steroid dienone is 8. The maximum atomic E-state index is 13.1. The number of nitrogens with one attached hydrogen (secondary N) is 2. The molecule has 0 aromatic heterocycles. The van der Waals surface area contributed by atoms with Gasteiger partial charge in [0.2, 0.25) is 11.8 Å². The van der Waals surface area contributed by atoms with Gasteiger partial charge < -0.3 is 25.4 Å². The number of amides is 2. The Labute approximate surface area is 349 Å². The second-order valence-corrected chi connectivity index (χ2v) is 15.9. The van der Waals surface area contributed by atoms with E-state index < -0.39 is 12.0 Å². The minimum atomic E-state index is -0.903. The third-order valence-electron chi connectivity index (χ3n) is 10.5. The molecule has 9 nitrogen and oxygen atoms in total. The second kappa shape index (κ2) is 40.0. The number of esters is 1. The molecule has 0 aliphatic carbocycles. The molecule has 1 atom stereocenters. The van der Waals surface area contributed by atoms with E-state index in [-0.39, 0.29) is 31.5 Å². The van der Waals surface area contributed by atoms with Crippen molar-refractivity contribution in [2.24, 2.45) is 0 Å². The Balaban J connectivity index is 2.35. The van der Waals surface area contributed by atoms with Crippen LogP contribution >= 0.6 is 0 Å². The van der Waals surface area contributed by atoms with Gasteiger partial charge in [-0.1, -0.05) is 133 Å². The molecule has 0 aromatic rings. The van der Waals surface area contributed by atoms with Gasteiger partial charge in [-0.2, -0.15) is 0 Å². The van der Waals surface area contributed by atoms with E-state index in [0.717, 1.165) is 116 Å². The molecular weight excluding hydrogens is 713 g/mol. The first-order valence-electron chi connectivity index (χ1n) is 23.4. The molecule has 0 aromatic carbocycles. The summed E-state index contributed by atoms with van der Waals surface area (Å²) in [5.41, 5.74) is 0. The van der Waals surface area contributed by atoms with Crippen LogP contribution in [0.3, 0.4) is 0 Å². The summed E-state index contributed by atoms with van der Waals surface area (Å²) in [6.07, 6.45) is 45.4. The number of hydrogen-bond acceptors (Lipinski definition) is 7. The standard InChI is InChI=1S/C48H86N4O5/c1-3-5-7-9-11-13-15-17-19-21-23-25-27-29-31-33-42-57-48(56)45(43-49-47(55)44-52-39-37-51(38-40-52)36-34-41-53)50-46(54)35-32-30-28-26-24-22-20-18-16-14-12-10-8-6-4-2/h11-14,17-20,45,53H,3-10,15-16,21-44H2,1-2H3,(H,49,55)(H,50,54)/b13-11-,14-12-,19-17-,20-18-/t45-/m0/s1. The van der Waals surface area contributed by atoms with E-state index in [4.69, 9.17) is 9.84 Å². The van der Waals surface area contributed by atoms with Gasteiger partial charge in [0.15, 0.2) is 0 Å². The van der Waals surface area contributed by atoms with Crippen LogP contribution in [0.5, 0.6) is 0 Å². The van der Waals surface area contributed by atoms with Crippen molar-refractivity contribution >= 4 is 17.8 Å². The van der Waals surface area contributed by atoms with Crippen LogP contribution in [0.25, 0.3) is 0 Å². The first-order valence-corrected chi connectivity index (χ1v) is 23.4. The summed E-state index contributed by atoms with van der Waals surface area (Å²) in [5.74, 6) is -0.821. The topological polar surface area (TPSA) is 111 Å². The van der Waals surface area contributed by atoms with Crippen LogP contribution < -0.4 is 10.6 Å². The van der Waals surface area contributed by atoms with Gasteiger partial charge in [-0.3, -0.25) is 14.5 Å². The largest absolute Gasteiger partial charge is 0.464 e. The molecule has 1 fully saturated rings. The zero-order valence-corrected chi connectivity index (χ0v) is 36.7. The zero-order valence-electron chi connectivity index (χ0n) is 36.7. The van der Waals surface area contributed by atoms with Gasteiger partial charge in [0.1, 0.15) is 6.04 Å². The molecule has 0 radical (unpaired) electrons. The van der Waals surface area contributed by atoms with Crippen LogP contribution in [0, 0.1) is 0 Å². The highest BCUT2D eigenvalue weighted by Gasteiger charge is 2.24. The predicted molar refractivity (Wildman–Crippen MR) is 239 cm³/mol. The number of nitrogens with zero attached hydrogens (tertiary/aromatic N) is 2. The SMILES string of the molecule is CCCCC/C=C\C/C=C\CCCCCCCCOC(=O)[C@H](CNC(=O)CN1CCN(CCCO)CC1)NC(=O)CCCCCCC/C=C\C/C=C\CCCCC. The Kier molecular flexibility index (Phi) is 36.7. The quantitative estimate of drug-likeness (QED) is 0.0324. The number of hydrogen-bond donors (Lipinski definition) is 3. The average Bonchev–Trinajstić information content (AvgIpc) is 3.21. The Hall–Kier alpha value is -2.75. The van der Waals surface area contributed by atoms with Gasteiger partial charge >= 0.3 is 5.97 Å². The second-order valence-electron chi connectivity index (χ2n) is 15.9. The number of carbonyl (C=O) groups excluding carboxylic acids is 3. The average molecular weight is 799 g/mol. The fourth-order valence-corrected chi connectivity index (χ4v) is 6.86. The highest BCUT2D eigenvalue weighted by molar-refractivity contribution is 5.85. The van der Waals surface area contributed by atoms with Crippen LogP contribution in [-0.2, 0) is 19.1 Å². The van der Waals surface area contributed by atoms with E-state index in [2.05, 4.69) is 82.9 Å². The summed E-state index contributed by atoms with van der Waals surface area (Å²) in [7, 11) is 0. The molecule has 9 heteroatoms. The number of rotatable bonds is 38. The molecule has 0 unspecified atom stereocenters.